The van der Waals surface area contributed by atoms with Crippen LogP contribution >= 0.6 is 11.6 Å². The van der Waals surface area contributed by atoms with Gasteiger partial charge in [0.2, 0.25) is 12.7 Å². The summed E-state index contributed by atoms with van der Waals surface area (Å²) in [7, 11) is 0. The third-order valence-corrected chi connectivity index (χ3v) is 2.88. The molecule has 3 rings (SSSR count). The summed E-state index contributed by atoms with van der Waals surface area (Å²) >= 11 is 5.82. The van der Waals surface area contributed by atoms with E-state index in [1.165, 1.54) is 0 Å². The van der Waals surface area contributed by atoms with Crippen LogP contribution in [0.5, 0.6) is 11.5 Å². The molecule has 0 fully saturated rings. The Labute approximate surface area is 119 Å². The number of carbonyl (C=O) groups is 1. The van der Waals surface area contributed by atoms with E-state index in [0.29, 0.717) is 22.8 Å². The van der Waals surface area contributed by atoms with Crippen LogP contribution in [0.1, 0.15) is 16.1 Å². The summed E-state index contributed by atoms with van der Waals surface area (Å²) in [5.41, 5.74) is 1.10. The van der Waals surface area contributed by atoms with E-state index in [4.69, 9.17) is 21.1 Å². The summed E-state index contributed by atoms with van der Waals surface area (Å²) in [4.78, 5) is 20.1. The molecule has 0 spiro atoms. The van der Waals surface area contributed by atoms with Gasteiger partial charge < -0.3 is 9.47 Å². The van der Waals surface area contributed by atoms with Crippen molar-refractivity contribution in [1.82, 2.24) is 9.97 Å². The normalized spacial score (nSPS) is 12.3. The summed E-state index contributed by atoms with van der Waals surface area (Å²) in [5, 5.41) is 2.87. The Balaban J connectivity index is 1.82. The summed E-state index contributed by atoms with van der Waals surface area (Å²) in [5.74, 6) is 0.986. The van der Waals surface area contributed by atoms with Gasteiger partial charge in [0, 0.05) is 11.3 Å². The van der Waals surface area contributed by atoms with Crippen LogP contribution in [0, 0.1) is 6.92 Å². The number of hydrogen-bond acceptors (Lipinski definition) is 5. The van der Waals surface area contributed by atoms with E-state index in [9.17, 15) is 4.79 Å². The van der Waals surface area contributed by atoms with E-state index in [-0.39, 0.29) is 23.8 Å². The molecule has 102 valence electrons. The van der Waals surface area contributed by atoms with E-state index in [0.717, 1.165) is 0 Å². The molecule has 1 amide bonds. The first-order chi connectivity index (χ1) is 9.61. The Morgan fingerprint density at radius 3 is 2.85 bits per heavy atom. The molecule has 0 aliphatic carbocycles. The summed E-state index contributed by atoms with van der Waals surface area (Å²) in [6.07, 6.45) is 0. The molecule has 2 heterocycles. The van der Waals surface area contributed by atoms with Gasteiger partial charge in [-0.05, 0) is 31.2 Å². The number of halogens is 1. The number of hydrogen-bond donors (Lipinski definition) is 1. The number of fused-ring (bicyclic) bond motifs is 1. The number of carbonyl (C=O) groups excluding carboxylic acids is 1. The van der Waals surface area contributed by atoms with Gasteiger partial charge >= 0.3 is 0 Å². The Kier molecular flexibility index (Phi) is 3.15. The average molecular weight is 292 g/mol. The first-order valence-electron chi connectivity index (χ1n) is 5.84. The third-order valence-electron chi connectivity index (χ3n) is 2.68. The second kappa shape index (κ2) is 4.97. The average Bonchev–Trinajstić information content (AvgIpc) is 2.84. The highest BCUT2D eigenvalue weighted by molar-refractivity contribution is 6.29. The van der Waals surface area contributed by atoms with Crippen molar-refractivity contribution >= 4 is 23.5 Å². The number of amides is 1. The third kappa shape index (κ3) is 2.50. The lowest BCUT2D eigenvalue weighted by Crippen LogP contribution is -2.14. The van der Waals surface area contributed by atoms with Gasteiger partial charge in [0.05, 0.1) is 0 Å². The van der Waals surface area contributed by atoms with Crippen LogP contribution < -0.4 is 14.8 Å². The van der Waals surface area contributed by atoms with Crippen molar-refractivity contribution in [2.45, 2.75) is 6.92 Å². The SMILES string of the molecule is Cc1cc(Cl)nc(NC(=O)c2ccc3c(c2)OCO3)n1. The standard InChI is InChI=1S/C13H10ClN3O3/c1-7-4-11(14)16-13(15-7)17-12(18)8-2-3-9-10(5-8)20-6-19-9/h2-5H,6H2,1H3,(H,15,16,17,18). The number of anilines is 1. The molecule has 1 aromatic heterocycles. The summed E-state index contributed by atoms with van der Waals surface area (Å²) < 4.78 is 10.4. The molecule has 20 heavy (non-hydrogen) atoms. The van der Waals surface area contributed by atoms with E-state index in [1.54, 1.807) is 31.2 Å². The van der Waals surface area contributed by atoms with Crippen LogP contribution in [0.15, 0.2) is 24.3 Å². The monoisotopic (exact) mass is 291 g/mol. The number of benzene rings is 1. The van der Waals surface area contributed by atoms with Crippen LogP contribution in [0.25, 0.3) is 0 Å². The summed E-state index contributed by atoms with van der Waals surface area (Å²) in [6, 6.07) is 6.54. The van der Waals surface area contributed by atoms with E-state index < -0.39 is 0 Å². The number of ether oxygens (including phenoxy) is 2. The van der Waals surface area contributed by atoms with Crippen LogP contribution in [-0.2, 0) is 0 Å². The Hall–Kier alpha value is -2.34. The maximum Gasteiger partial charge on any atom is 0.258 e. The molecule has 0 saturated heterocycles. The quantitative estimate of drug-likeness (QED) is 0.860. The maximum atomic E-state index is 12.1. The van der Waals surface area contributed by atoms with Gasteiger partial charge in [-0.3, -0.25) is 10.1 Å². The minimum atomic E-state index is -0.343. The lowest BCUT2D eigenvalue weighted by atomic mass is 10.2. The van der Waals surface area contributed by atoms with Gasteiger partial charge in [-0.2, -0.15) is 0 Å². The summed E-state index contributed by atoms with van der Waals surface area (Å²) in [6.45, 7) is 1.93. The zero-order valence-corrected chi connectivity index (χ0v) is 11.3. The first kappa shape index (κ1) is 12.7. The minimum absolute atomic E-state index is 0.164. The molecular formula is C13H10ClN3O3. The molecule has 0 atom stereocenters. The highest BCUT2D eigenvalue weighted by Gasteiger charge is 2.16. The zero-order chi connectivity index (χ0) is 14.1. The second-order valence-electron chi connectivity index (χ2n) is 4.18. The van der Waals surface area contributed by atoms with Gasteiger partial charge in [0.1, 0.15) is 5.15 Å². The second-order valence-corrected chi connectivity index (χ2v) is 4.57. The molecule has 1 aliphatic rings. The number of aromatic nitrogens is 2. The van der Waals surface area contributed by atoms with Gasteiger partial charge in [-0.1, -0.05) is 11.6 Å². The van der Waals surface area contributed by atoms with Crippen molar-refractivity contribution < 1.29 is 14.3 Å². The molecule has 0 unspecified atom stereocenters. The topological polar surface area (TPSA) is 73.3 Å². The number of rotatable bonds is 2. The van der Waals surface area contributed by atoms with Gasteiger partial charge in [0.25, 0.3) is 5.91 Å². The molecule has 0 saturated carbocycles. The molecule has 6 nitrogen and oxygen atoms in total. The molecule has 1 N–H and O–H groups in total. The highest BCUT2D eigenvalue weighted by Crippen LogP contribution is 2.32. The highest BCUT2D eigenvalue weighted by atomic mass is 35.5. The Morgan fingerprint density at radius 2 is 2.05 bits per heavy atom. The fourth-order valence-corrected chi connectivity index (χ4v) is 2.04. The molecule has 2 aromatic rings. The van der Waals surface area contributed by atoms with Gasteiger partial charge in [-0.25, -0.2) is 9.97 Å². The molecule has 1 aromatic carbocycles. The maximum absolute atomic E-state index is 12.1. The van der Waals surface area contributed by atoms with Crippen molar-refractivity contribution in [3.05, 3.63) is 40.7 Å². The molecule has 0 radical (unpaired) electrons. The van der Waals surface area contributed by atoms with Crippen LogP contribution in [0.3, 0.4) is 0 Å². The molecule has 0 bridgehead atoms. The van der Waals surface area contributed by atoms with Crippen molar-refractivity contribution in [3.8, 4) is 11.5 Å². The lowest BCUT2D eigenvalue weighted by Gasteiger charge is -2.05. The minimum Gasteiger partial charge on any atom is -0.454 e. The van der Waals surface area contributed by atoms with Crippen molar-refractivity contribution in [2.75, 3.05) is 12.1 Å². The van der Waals surface area contributed by atoms with E-state index >= 15 is 0 Å². The predicted octanol–water partition coefficient (Wildman–Crippen LogP) is 2.42. The Bertz CT molecular complexity index is 670. The largest absolute Gasteiger partial charge is 0.454 e. The first-order valence-corrected chi connectivity index (χ1v) is 6.22. The Morgan fingerprint density at radius 1 is 1.25 bits per heavy atom. The van der Waals surface area contributed by atoms with E-state index in [1.807, 2.05) is 0 Å². The number of aryl methyl sites for hydroxylation is 1. The number of nitrogens with one attached hydrogen (secondary N) is 1. The smallest absolute Gasteiger partial charge is 0.258 e. The van der Waals surface area contributed by atoms with E-state index in [2.05, 4.69) is 15.3 Å². The van der Waals surface area contributed by atoms with Crippen molar-refractivity contribution in [3.63, 3.8) is 0 Å². The molecule has 7 heteroatoms. The fourth-order valence-electron chi connectivity index (χ4n) is 1.80. The van der Waals surface area contributed by atoms with Crippen LogP contribution in [0.2, 0.25) is 5.15 Å². The predicted molar refractivity (Wildman–Crippen MR) is 72.3 cm³/mol. The molecule has 1 aliphatic heterocycles. The molecular weight excluding hydrogens is 282 g/mol. The fraction of sp³-hybridized carbons (Fsp3) is 0.154. The van der Waals surface area contributed by atoms with Gasteiger partial charge in [0.15, 0.2) is 11.5 Å². The lowest BCUT2D eigenvalue weighted by molar-refractivity contribution is 0.102. The number of nitrogens with zero attached hydrogens (tertiary/aromatic N) is 2. The van der Waals surface area contributed by atoms with Crippen molar-refractivity contribution in [2.24, 2.45) is 0 Å². The van der Waals surface area contributed by atoms with Crippen molar-refractivity contribution in [1.29, 1.82) is 0 Å². The van der Waals surface area contributed by atoms with Gasteiger partial charge in [-0.15, -0.1) is 0 Å². The zero-order valence-electron chi connectivity index (χ0n) is 10.5. The van der Waals surface area contributed by atoms with Crippen LogP contribution in [0.4, 0.5) is 5.95 Å². The van der Waals surface area contributed by atoms with Crippen LogP contribution in [-0.4, -0.2) is 22.7 Å².